The van der Waals surface area contributed by atoms with Gasteiger partial charge in [-0.05, 0) is 57.5 Å². The summed E-state index contributed by atoms with van der Waals surface area (Å²) >= 11 is 0. The van der Waals surface area contributed by atoms with Gasteiger partial charge in [-0.15, -0.1) is 12.8 Å². The second-order valence-electron chi connectivity index (χ2n) is 4.81. The van der Waals surface area contributed by atoms with Crippen LogP contribution in [0.4, 0.5) is 8.78 Å². The number of hydrogen-bond acceptors (Lipinski definition) is 2. The zero-order valence-electron chi connectivity index (χ0n) is 12.7. The molecule has 0 atom stereocenters. The molecule has 0 radical (unpaired) electrons. The zero-order valence-corrected chi connectivity index (χ0v) is 12.7. The van der Waals surface area contributed by atoms with Crippen molar-refractivity contribution in [2.45, 2.75) is 32.1 Å². The molecule has 122 valence electrons. The van der Waals surface area contributed by atoms with Crippen LogP contribution in [0, 0.1) is 24.5 Å². The third kappa shape index (κ3) is 9.89. The predicted molar refractivity (Wildman–Crippen MR) is 83.4 cm³/mol. The van der Waals surface area contributed by atoms with Gasteiger partial charge in [0.2, 0.25) is 0 Å². The number of carboxylic acid groups (broad SMARTS) is 1. The first-order valence-electron chi connectivity index (χ1n) is 7.27. The van der Waals surface area contributed by atoms with Crippen molar-refractivity contribution in [2.24, 2.45) is 0 Å². The van der Waals surface area contributed by atoms with E-state index in [4.69, 9.17) is 5.11 Å². The van der Waals surface area contributed by atoms with Gasteiger partial charge in [0.1, 0.15) is 0 Å². The van der Waals surface area contributed by atoms with Crippen LogP contribution < -0.4 is 0 Å². The molecule has 0 amide bonds. The Morgan fingerprint density at radius 1 is 1.09 bits per heavy atom. The van der Waals surface area contributed by atoms with Crippen molar-refractivity contribution in [3.63, 3.8) is 0 Å². The summed E-state index contributed by atoms with van der Waals surface area (Å²) in [6.07, 6.45) is 12.8. The van der Waals surface area contributed by atoms with Crippen LogP contribution in [-0.2, 0) is 4.79 Å². The molecule has 1 heterocycles. The molecule has 1 aromatic rings. The normalized spacial score (nSPS) is 13.5. The van der Waals surface area contributed by atoms with Gasteiger partial charge in [0, 0.05) is 6.42 Å². The highest BCUT2D eigenvalue weighted by Crippen LogP contribution is 2.08. The number of halogens is 2. The first-order valence-corrected chi connectivity index (χ1v) is 7.27. The van der Waals surface area contributed by atoms with Crippen molar-refractivity contribution in [1.82, 2.24) is 4.90 Å². The maximum Gasteiger partial charge on any atom is 0.303 e. The van der Waals surface area contributed by atoms with E-state index >= 15 is 0 Å². The third-order valence-electron chi connectivity index (χ3n) is 3.14. The Labute approximate surface area is 130 Å². The number of carbonyl (C=O) groups is 1. The van der Waals surface area contributed by atoms with Gasteiger partial charge in [-0.25, -0.2) is 8.78 Å². The molecule has 0 aliphatic carbocycles. The summed E-state index contributed by atoms with van der Waals surface area (Å²) in [5.41, 5.74) is 0. The van der Waals surface area contributed by atoms with Gasteiger partial charge < -0.3 is 10.0 Å². The Balaban J connectivity index is 0.000000382. The molecular formula is C17H23F2NO2. The van der Waals surface area contributed by atoms with E-state index < -0.39 is 17.6 Å². The number of nitrogens with zero attached hydrogens (tertiary/aromatic N) is 1. The van der Waals surface area contributed by atoms with Crippen LogP contribution >= 0.6 is 0 Å². The summed E-state index contributed by atoms with van der Waals surface area (Å²) in [5.74, 6) is -2.27. The molecule has 2 rings (SSSR count). The molecule has 0 spiro atoms. The van der Waals surface area contributed by atoms with E-state index in [0.29, 0.717) is 6.42 Å². The molecule has 0 bridgehead atoms. The summed E-state index contributed by atoms with van der Waals surface area (Å²) in [6, 6.07) is 5.04. The van der Waals surface area contributed by atoms with Crippen LogP contribution in [0.5, 0.6) is 0 Å². The third-order valence-corrected chi connectivity index (χ3v) is 3.14. The first-order chi connectivity index (χ1) is 10.6. The van der Waals surface area contributed by atoms with Crippen LogP contribution in [0.25, 0.3) is 0 Å². The van der Waals surface area contributed by atoms with E-state index in [1.54, 1.807) is 0 Å². The Hall–Kier alpha value is -1.93. The minimum atomic E-state index is -0.799. The molecule has 1 aromatic carbocycles. The van der Waals surface area contributed by atoms with Gasteiger partial charge >= 0.3 is 5.97 Å². The second-order valence-corrected chi connectivity index (χ2v) is 4.81. The summed E-state index contributed by atoms with van der Waals surface area (Å²) in [4.78, 5) is 12.6. The maximum absolute atomic E-state index is 11.9. The monoisotopic (exact) mass is 311 g/mol. The molecule has 0 saturated carbocycles. The zero-order chi connectivity index (χ0) is 16.8. The number of benzene rings is 1. The SMILES string of the molecule is C#C.Fc1ccccc1F.O=C(O)CCCCN1CCCC1. The molecule has 1 aliphatic heterocycles. The highest BCUT2D eigenvalue weighted by molar-refractivity contribution is 5.66. The van der Waals surface area contributed by atoms with Gasteiger partial charge in [-0.3, -0.25) is 4.79 Å². The minimum absolute atomic E-state index is 0.327. The lowest BCUT2D eigenvalue weighted by Gasteiger charge is -2.13. The topological polar surface area (TPSA) is 40.5 Å². The quantitative estimate of drug-likeness (QED) is 0.668. The molecular weight excluding hydrogens is 288 g/mol. The lowest BCUT2D eigenvalue weighted by Crippen LogP contribution is -2.20. The molecule has 22 heavy (non-hydrogen) atoms. The van der Waals surface area contributed by atoms with Gasteiger partial charge in [-0.2, -0.15) is 0 Å². The van der Waals surface area contributed by atoms with E-state index in [2.05, 4.69) is 17.7 Å². The summed E-state index contributed by atoms with van der Waals surface area (Å²) in [7, 11) is 0. The molecule has 5 heteroatoms. The summed E-state index contributed by atoms with van der Waals surface area (Å²) in [6.45, 7) is 3.52. The van der Waals surface area contributed by atoms with Gasteiger partial charge in [0.15, 0.2) is 11.6 Å². The molecule has 1 aliphatic rings. The average Bonchev–Trinajstić information content (AvgIpc) is 3.03. The number of carboxylic acids is 1. The van der Waals surface area contributed by atoms with Crippen molar-refractivity contribution in [2.75, 3.05) is 19.6 Å². The summed E-state index contributed by atoms with van der Waals surface area (Å²) in [5, 5.41) is 8.39. The van der Waals surface area contributed by atoms with E-state index in [1.165, 1.54) is 38.1 Å². The van der Waals surface area contributed by atoms with E-state index in [0.717, 1.165) is 31.5 Å². The van der Waals surface area contributed by atoms with Crippen molar-refractivity contribution >= 4 is 5.97 Å². The van der Waals surface area contributed by atoms with Crippen LogP contribution in [0.1, 0.15) is 32.1 Å². The largest absolute Gasteiger partial charge is 0.481 e. The number of likely N-dealkylation sites (tertiary alicyclic amines) is 1. The van der Waals surface area contributed by atoms with E-state index in [9.17, 15) is 13.6 Å². The Bertz CT molecular complexity index is 422. The van der Waals surface area contributed by atoms with Crippen molar-refractivity contribution < 1.29 is 18.7 Å². The van der Waals surface area contributed by atoms with Crippen LogP contribution in [0.15, 0.2) is 24.3 Å². The lowest BCUT2D eigenvalue weighted by atomic mass is 10.2. The first kappa shape index (κ1) is 20.1. The molecule has 0 unspecified atom stereocenters. The number of terminal acetylenes is 1. The number of aliphatic carboxylic acids is 1. The van der Waals surface area contributed by atoms with Crippen molar-refractivity contribution in [3.05, 3.63) is 35.9 Å². The highest BCUT2D eigenvalue weighted by Gasteiger charge is 2.10. The fourth-order valence-corrected chi connectivity index (χ4v) is 2.06. The predicted octanol–water partition coefficient (Wildman–Crippen LogP) is 3.55. The number of unbranched alkanes of at least 4 members (excludes halogenated alkanes) is 1. The van der Waals surface area contributed by atoms with Crippen molar-refractivity contribution in [3.8, 4) is 12.8 Å². The van der Waals surface area contributed by atoms with Crippen molar-refractivity contribution in [1.29, 1.82) is 0 Å². The molecule has 1 saturated heterocycles. The molecule has 0 aromatic heterocycles. The van der Waals surface area contributed by atoms with Gasteiger partial charge in [-0.1, -0.05) is 12.1 Å². The Morgan fingerprint density at radius 2 is 1.59 bits per heavy atom. The Kier molecular flexibility index (Phi) is 11.7. The number of rotatable bonds is 5. The van der Waals surface area contributed by atoms with Crippen LogP contribution in [0.3, 0.4) is 0 Å². The smallest absolute Gasteiger partial charge is 0.303 e. The number of hydrogen-bond donors (Lipinski definition) is 1. The average molecular weight is 311 g/mol. The Morgan fingerprint density at radius 3 is 2.00 bits per heavy atom. The maximum atomic E-state index is 11.9. The van der Waals surface area contributed by atoms with Crippen LogP contribution in [0.2, 0.25) is 0 Å². The second kappa shape index (κ2) is 12.8. The summed E-state index contributed by atoms with van der Waals surface area (Å²) < 4.78 is 23.9. The molecule has 3 nitrogen and oxygen atoms in total. The fraction of sp³-hybridized carbons (Fsp3) is 0.471. The fourth-order valence-electron chi connectivity index (χ4n) is 2.06. The standard InChI is InChI=1S/C9H17NO2.C6H4F2.C2H2/c11-9(12)5-1-2-6-10-7-3-4-8-10;7-5-3-1-2-4-6(5)8;1-2/h1-8H2,(H,11,12);1-4H;1-2H. The minimum Gasteiger partial charge on any atom is -0.481 e. The van der Waals surface area contributed by atoms with E-state index in [1.807, 2.05) is 0 Å². The molecule has 1 N–H and O–H groups in total. The van der Waals surface area contributed by atoms with Gasteiger partial charge in [0.25, 0.3) is 0 Å². The van der Waals surface area contributed by atoms with Crippen LogP contribution in [-0.4, -0.2) is 35.6 Å². The molecule has 1 fully saturated rings. The lowest BCUT2D eigenvalue weighted by molar-refractivity contribution is -0.137. The van der Waals surface area contributed by atoms with Gasteiger partial charge in [0.05, 0.1) is 0 Å². The highest BCUT2D eigenvalue weighted by atomic mass is 19.2. The van der Waals surface area contributed by atoms with E-state index in [-0.39, 0.29) is 0 Å².